The van der Waals surface area contributed by atoms with Gasteiger partial charge >= 0.3 is 5.97 Å². The third-order valence-electron chi connectivity index (χ3n) is 4.33. The molecule has 0 unspecified atom stereocenters. The molecule has 154 valence electrons. The van der Waals surface area contributed by atoms with Gasteiger partial charge < -0.3 is 14.8 Å². The number of nitrogens with one attached hydrogen (secondary N) is 1. The minimum Gasteiger partial charge on any atom is -0.477 e. The van der Waals surface area contributed by atoms with E-state index in [1.165, 1.54) is 6.20 Å². The summed E-state index contributed by atoms with van der Waals surface area (Å²) in [4.78, 5) is 30.0. The van der Waals surface area contributed by atoms with Crippen molar-refractivity contribution in [3.05, 3.63) is 89.1 Å². The van der Waals surface area contributed by atoms with Crippen LogP contribution in [-0.4, -0.2) is 23.5 Å². The Bertz CT molecular complexity index is 1010. The highest BCUT2D eigenvalue weighted by Gasteiger charge is 2.27. The Hall–Kier alpha value is -3.67. The zero-order valence-corrected chi connectivity index (χ0v) is 17.2. The molecule has 0 aliphatic heterocycles. The van der Waals surface area contributed by atoms with Gasteiger partial charge in [-0.2, -0.15) is 0 Å². The number of carbonyl (C=O) groups is 2. The fraction of sp³-hybridized carbons (Fsp3) is 0.208. The van der Waals surface area contributed by atoms with Crippen molar-refractivity contribution in [1.82, 2.24) is 4.98 Å². The van der Waals surface area contributed by atoms with Crippen molar-refractivity contribution in [2.75, 3.05) is 11.9 Å². The lowest BCUT2D eigenvalue weighted by Crippen LogP contribution is -2.26. The van der Waals surface area contributed by atoms with Crippen LogP contribution in [0.15, 0.2) is 66.9 Å². The zero-order valence-electron chi connectivity index (χ0n) is 17.2. The molecule has 6 heteroatoms. The Kier molecular flexibility index (Phi) is 6.80. The van der Waals surface area contributed by atoms with E-state index in [1.807, 2.05) is 38.1 Å². The van der Waals surface area contributed by atoms with E-state index in [-0.39, 0.29) is 11.4 Å². The van der Waals surface area contributed by atoms with Crippen LogP contribution >= 0.6 is 0 Å². The number of ether oxygens (including phenoxy) is 2. The summed E-state index contributed by atoms with van der Waals surface area (Å²) >= 11 is 0. The molecule has 0 aliphatic carbocycles. The summed E-state index contributed by atoms with van der Waals surface area (Å²) in [5.41, 5.74) is 3.42. The largest absolute Gasteiger partial charge is 0.477 e. The first kappa shape index (κ1) is 21.0. The molecule has 2 aromatic carbocycles. The smallest absolute Gasteiger partial charge is 0.344 e. The van der Waals surface area contributed by atoms with E-state index in [0.29, 0.717) is 17.9 Å². The zero-order chi connectivity index (χ0) is 21.5. The molecular formula is C24H24N2O4. The summed E-state index contributed by atoms with van der Waals surface area (Å²) < 4.78 is 11.0. The van der Waals surface area contributed by atoms with Crippen molar-refractivity contribution in [2.45, 2.75) is 26.9 Å². The molecule has 0 saturated carbocycles. The Morgan fingerprint density at radius 3 is 2.37 bits per heavy atom. The molecular weight excluding hydrogens is 380 g/mol. The van der Waals surface area contributed by atoms with Crippen LogP contribution in [0.4, 0.5) is 5.69 Å². The first-order chi connectivity index (χ1) is 14.5. The summed E-state index contributed by atoms with van der Waals surface area (Å²) in [6.07, 6.45) is 0.401. The molecule has 1 heterocycles. The van der Waals surface area contributed by atoms with Gasteiger partial charge in [-0.25, -0.2) is 9.78 Å². The topological polar surface area (TPSA) is 77.5 Å². The van der Waals surface area contributed by atoms with Crippen molar-refractivity contribution in [1.29, 1.82) is 0 Å². The Balaban J connectivity index is 1.88. The normalized spacial score (nSPS) is 11.4. The number of hydrogen-bond donors (Lipinski definition) is 1. The fourth-order valence-corrected chi connectivity index (χ4v) is 3.12. The van der Waals surface area contributed by atoms with E-state index in [2.05, 4.69) is 10.3 Å². The maximum absolute atomic E-state index is 13.1. The average Bonchev–Trinajstić information content (AvgIpc) is 2.72. The number of carbonyl (C=O) groups excluding carboxylic acids is 2. The third-order valence-corrected chi connectivity index (χ3v) is 4.33. The second kappa shape index (κ2) is 9.69. The average molecular weight is 404 g/mol. The van der Waals surface area contributed by atoms with Gasteiger partial charge in [0.2, 0.25) is 12.0 Å². The van der Waals surface area contributed by atoms with Crippen LogP contribution in [0.25, 0.3) is 0 Å². The first-order valence-electron chi connectivity index (χ1n) is 9.71. The van der Waals surface area contributed by atoms with E-state index >= 15 is 0 Å². The monoisotopic (exact) mass is 404 g/mol. The number of nitrogens with zero attached hydrogens (tertiary/aromatic N) is 1. The molecule has 1 amide bonds. The van der Waals surface area contributed by atoms with Gasteiger partial charge in [-0.1, -0.05) is 36.4 Å². The van der Waals surface area contributed by atoms with Gasteiger partial charge in [0.25, 0.3) is 5.91 Å². The molecule has 30 heavy (non-hydrogen) atoms. The predicted molar refractivity (Wildman–Crippen MR) is 115 cm³/mol. The predicted octanol–water partition coefficient (Wildman–Crippen LogP) is 4.63. The van der Waals surface area contributed by atoms with Crippen LogP contribution in [-0.2, 0) is 9.53 Å². The number of anilines is 1. The molecule has 1 aromatic heterocycles. The lowest BCUT2D eigenvalue weighted by molar-refractivity contribution is -0.125. The molecule has 1 N–H and O–H groups in total. The molecule has 3 aromatic rings. The summed E-state index contributed by atoms with van der Waals surface area (Å²) in [6.45, 7) is 6.06. The van der Waals surface area contributed by atoms with Gasteiger partial charge in [0.05, 0.1) is 6.61 Å². The summed E-state index contributed by atoms with van der Waals surface area (Å²) in [5, 5.41) is 2.86. The Morgan fingerprint density at radius 1 is 1.00 bits per heavy atom. The van der Waals surface area contributed by atoms with Crippen LogP contribution in [0.5, 0.6) is 5.88 Å². The lowest BCUT2D eigenvalue weighted by Gasteiger charge is -2.19. The van der Waals surface area contributed by atoms with E-state index in [4.69, 9.17) is 9.47 Å². The number of amides is 1. The van der Waals surface area contributed by atoms with Crippen molar-refractivity contribution in [3.63, 3.8) is 0 Å². The number of rotatable bonds is 7. The highest BCUT2D eigenvalue weighted by Crippen LogP contribution is 2.24. The molecule has 0 bridgehead atoms. The van der Waals surface area contributed by atoms with Crippen LogP contribution in [0.3, 0.4) is 0 Å². The number of aromatic nitrogens is 1. The van der Waals surface area contributed by atoms with E-state index in [0.717, 1.165) is 11.1 Å². The molecule has 3 rings (SSSR count). The Morgan fingerprint density at radius 2 is 1.70 bits per heavy atom. The number of hydrogen-bond acceptors (Lipinski definition) is 5. The SMILES string of the molecule is CCOc1ncccc1C(=O)O[C@H](C(=O)Nc1cc(C)cc(C)c1)c1ccccc1. The van der Waals surface area contributed by atoms with Gasteiger partial charge in [0.1, 0.15) is 5.56 Å². The fourth-order valence-electron chi connectivity index (χ4n) is 3.12. The van der Waals surface area contributed by atoms with Crippen LogP contribution < -0.4 is 10.1 Å². The van der Waals surface area contributed by atoms with Gasteiger partial charge in [0, 0.05) is 17.4 Å². The summed E-state index contributed by atoms with van der Waals surface area (Å²) in [7, 11) is 0. The molecule has 0 aliphatic rings. The van der Waals surface area contributed by atoms with E-state index in [9.17, 15) is 9.59 Å². The third kappa shape index (κ3) is 5.23. The van der Waals surface area contributed by atoms with Gasteiger partial charge in [-0.3, -0.25) is 4.79 Å². The summed E-state index contributed by atoms with van der Waals surface area (Å²) in [5.74, 6) is -0.955. The molecule has 0 spiro atoms. The number of esters is 1. The number of benzene rings is 2. The molecule has 0 saturated heterocycles. The van der Waals surface area contributed by atoms with Crippen molar-refractivity contribution in [2.24, 2.45) is 0 Å². The van der Waals surface area contributed by atoms with Crippen molar-refractivity contribution < 1.29 is 19.1 Å². The lowest BCUT2D eigenvalue weighted by atomic mass is 10.1. The van der Waals surface area contributed by atoms with Gasteiger partial charge in [0.15, 0.2) is 0 Å². The highest BCUT2D eigenvalue weighted by atomic mass is 16.6. The van der Waals surface area contributed by atoms with E-state index < -0.39 is 18.0 Å². The number of aryl methyl sites for hydroxylation is 2. The molecule has 0 fully saturated rings. The molecule has 1 atom stereocenters. The second-order valence-corrected chi connectivity index (χ2v) is 6.85. The maximum atomic E-state index is 13.1. The van der Waals surface area contributed by atoms with Crippen LogP contribution in [0.1, 0.15) is 40.1 Å². The van der Waals surface area contributed by atoms with Crippen molar-refractivity contribution in [3.8, 4) is 5.88 Å². The van der Waals surface area contributed by atoms with Gasteiger partial charge in [-0.05, 0) is 56.2 Å². The highest BCUT2D eigenvalue weighted by molar-refractivity contribution is 5.98. The maximum Gasteiger partial charge on any atom is 0.344 e. The quantitative estimate of drug-likeness (QED) is 0.581. The second-order valence-electron chi connectivity index (χ2n) is 6.85. The minimum absolute atomic E-state index is 0.166. The molecule has 6 nitrogen and oxygen atoms in total. The summed E-state index contributed by atoms with van der Waals surface area (Å²) in [6, 6.07) is 17.8. The van der Waals surface area contributed by atoms with Crippen molar-refractivity contribution >= 4 is 17.6 Å². The van der Waals surface area contributed by atoms with Crippen LogP contribution in [0.2, 0.25) is 0 Å². The first-order valence-corrected chi connectivity index (χ1v) is 9.71. The standard InChI is InChI=1S/C24H24N2O4/c1-4-29-23-20(11-8-12-25-23)24(28)30-21(18-9-6-5-7-10-18)22(27)26-19-14-16(2)13-17(3)15-19/h5-15,21H,4H2,1-3H3,(H,26,27)/t21-/m0/s1. The Labute approximate surface area is 175 Å². The minimum atomic E-state index is -1.13. The molecule has 0 radical (unpaired) electrons. The van der Waals surface area contributed by atoms with E-state index in [1.54, 1.807) is 43.3 Å². The van der Waals surface area contributed by atoms with Crippen LogP contribution in [0, 0.1) is 13.8 Å². The van der Waals surface area contributed by atoms with Gasteiger partial charge in [-0.15, -0.1) is 0 Å². The number of pyridine rings is 1.